The Balaban J connectivity index is -0.000000145. The molecular formula is C32H76O4Si2Ti. The Hall–Kier alpha value is 0.988. The molecule has 0 saturated carbocycles. The standard InChI is InChI=1S/2C12H28OSi.2C4H10O.Ti/c2*1-4-7-10-14(13,11-8-5-2)12-9-6-3;2*1-4(2,3)5;/h2*13H,4-12H2,1-3H3;2*5H,1-3H3;. The van der Waals surface area contributed by atoms with Crippen molar-refractivity contribution in [2.24, 2.45) is 0 Å². The molecule has 0 fully saturated rings. The molecule has 0 saturated heterocycles. The Morgan fingerprint density at radius 3 is 0.564 bits per heavy atom. The summed E-state index contributed by atoms with van der Waals surface area (Å²) in [5.74, 6) is 0. The zero-order valence-electron chi connectivity index (χ0n) is 29.0. The van der Waals surface area contributed by atoms with Gasteiger partial charge in [0, 0.05) is 21.7 Å². The molecule has 0 aromatic carbocycles. The summed E-state index contributed by atoms with van der Waals surface area (Å²) in [4.78, 5) is 21.1. The average molecular weight is 629 g/mol. The van der Waals surface area contributed by atoms with Crippen molar-refractivity contribution in [3.63, 3.8) is 0 Å². The fourth-order valence-corrected chi connectivity index (χ4v) is 11.4. The number of aliphatic hydroxyl groups is 2. The minimum atomic E-state index is -1.81. The molecular weight excluding hydrogens is 552 g/mol. The number of rotatable bonds is 18. The van der Waals surface area contributed by atoms with Crippen LogP contribution < -0.4 is 0 Å². The van der Waals surface area contributed by atoms with E-state index in [4.69, 9.17) is 10.2 Å². The molecule has 0 unspecified atom stereocenters. The van der Waals surface area contributed by atoms with Crippen molar-refractivity contribution in [2.45, 2.75) is 208 Å². The van der Waals surface area contributed by atoms with Gasteiger partial charge in [-0.05, 0) is 77.8 Å². The van der Waals surface area contributed by atoms with Crippen LogP contribution in [0.5, 0.6) is 0 Å². The molecule has 0 amide bonds. The predicted molar refractivity (Wildman–Crippen MR) is 178 cm³/mol. The summed E-state index contributed by atoms with van der Waals surface area (Å²) < 4.78 is 0. The van der Waals surface area contributed by atoms with Gasteiger partial charge >= 0.3 is 0 Å². The third-order valence-corrected chi connectivity index (χ3v) is 13.7. The summed E-state index contributed by atoms with van der Waals surface area (Å²) in [6.45, 7) is 23.8. The van der Waals surface area contributed by atoms with E-state index < -0.39 is 27.8 Å². The Kier molecular flexibility index (Phi) is 38.8. The van der Waals surface area contributed by atoms with Crippen LogP contribution in [-0.4, -0.2) is 47.6 Å². The second-order valence-electron chi connectivity index (χ2n) is 13.4. The topological polar surface area (TPSA) is 80.9 Å². The van der Waals surface area contributed by atoms with Gasteiger partial charge in [0.05, 0.1) is 11.2 Å². The minimum Gasteiger partial charge on any atom is -0.432 e. The molecule has 0 radical (unpaired) electrons. The molecule has 0 aromatic heterocycles. The summed E-state index contributed by atoms with van der Waals surface area (Å²) in [5.41, 5.74) is -1.00. The molecule has 0 rings (SSSR count). The third kappa shape index (κ3) is 55.5. The second-order valence-corrected chi connectivity index (χ2v) is 21.3. The fraction of sp³-hybridized carbons (Fsp3) is 1.00. The van der Waals surface area contributed by atoms with Crippen LogP contribution in [-0.2, 0) is 21.7 Å². The first-order valence-corrected chi connectivity index (χ1v) is 21.4. The number of unbranched alkanes of at least 4 members (excludes halogenated alkanes) is 6. The van der Waals surface area contributed by atoms with Crippen LogP contribution in [0.25, 0.3) is 0 Å². The Labute approximate surface area is 264 Å². The normalized spacial score (nSPS) is 11.7. The molecule has 39 heavy (non-hydrogen) atoms. The van der Waals surface area contributed by atoms with Gasteiger partial charge in [-0.3, -0.25) is 0 Å². The van der Waals surface area contributed by atoms with Crippen LogP contribution in [0.15, 0.2) is 0 Å². The first-order chi connectivity index (χ1) is 17.4. The van der Waals surface area contributed by atoms with Crippen molar-refractivity contribution in [3.8, 4) is 0 Å². The summed E-state index contributed by atoms with van der Waals surface area (Å²) in [6.07, 6.45) is 14.8. The van der Waals surface area contributed by atoms with Gasteiger partial charge in [-0.2, -0.15) is 0 Å². The summed E-state index contributed by atoms with van der Waals surface area (Å²) in [7, 11) is -3.62. The van der Waals surface area contributed by atoms with Gasteiger partial charge in [-0.25, -0.2) is 0 Å². The van der Waals surface area contributed by atoms with E-state index >= 15 is 0 Å². The van der Waals surface area contributed by atoms with E-state index in [9.17, 15) is 9.59 Å². The van der Waals surface area contributed by atoms with Gasteiger partial charge in [0.1, 0.15) is 0 Å². The SMILES string of the molecule is CC(C)(C)O.CC(C)(C)O.CCCC[Si](O)(CCCC)CCCC.CCCC[Si](O)(CCCC)CCCC.[Ti]. The number of hydrogen-bond donors (Lipinski definition) is 4. The van der Waals surface area contributed by atoms with E-state index in [0.29, 0.717) is 0 Å². The van der Waals surface area contributed by atoms with Crippen LogP contribution in [0, 0.1) is 0 Å². The maximum Gasteiger partial charge on any atom is 0.188 e. The molecule has 0 heterocycles. The molecule has 7 heteroatoms. The van der Waals surface area contributed by atoms with Crippen molar-refractivity contribution >= 4 is 16.6 Å². The zero-order chi connectivity index (χ0) is 30.7. The average Bonchev–Trinajstić information content (AvgIpc) is 2.80. The van der Waals surface area contributed by atoms with Crippen LogP contribution in [0.3, 0.4) is 0 Å². The van der Waals surface area contributed by atoms with E-state index in [1.165, 1.54) is 77.0 Å². The number of hydrogen-bond acceptors (Lipinski definition) is 4. The van der Waals surface area contributed by atoms with Gasteiger partial charge in [0.25, 0.3) is 0 Å². The zero-order valence-corrected chi connectivity index (χ0v) is 32.6. The molecule has 0 aliphatic heterocycles. The van der Waals surface area contributed by atoms with Crippen molar-refractivity contribution in [3.05, 3.63) is 0 Å². The van der Waals surface area contributed by atoms with E-state index in [-0.39, 0.29) is 21.7 Å². The van der Waals surface area contributed by atoms with Gasteiger partial charge in [-0.1, -0.05) is 119 Å². The van der Waals surface area contributed by atoms with E-state index in [0.717, 1.165) is 36.3 Å². The van der Waals surface area contributed by atoms with E-state index in [1.54, 1.807) is 41.5 Å². The third-order valence-electron chi connectivity index (χ3n) is 5.97. The molecule has 4 nitrogen and oxygen atoms in total. The van der Waals surface area contributed by atoms with Crippen LogP contribution >= 0.6 is 0 Å². The Morgan fingerprint density at radius 2 is 0.487 bits per heavy atom. The van der Waals surface area contributed by atoms with Crippen LogP contribution in [0.1, 0.15) is 160 Å². The molecule has 4 N–H and O–H groups in total. The first kappa shape index (κ1) is 49.7. The van der Waals surface area contributed by atoms with Crippen molar-refractivity contribution in [1.82, 2.24) is 0 Å². The Morgan fingerprint density at radius 1 is 0.385 bits per heavy atom. The van der Waals surface area contributed by atoms with Gasteiger partial charge < -0.3 is 19.8 Å². The van der Waals surface area contributed by atoms with Crippen molar-refractivity contribution in [1.29, 1.82) is 0 Å². The quantitative estimate of drug-likeness (QED) is 0.114. The predicted octanol–water partition coefficient (Wildman–Crippen LogP) is 10.2. The van der Waals surface area contributed by atoms with Gasteiger partial charge in [0.2, 0.25) is 0 Å². The van der Waals surface area contributed by atoms with Crippen LogP contribution in [0.4, 0.5) is 0 Å². The first-order valence-electron chi connectivity index (χ1n) is 16.3. The summed E-state index contributed by atoms with van der Waals surface area (Å²) in [5, 5.41) is 17.0. The van der Waals surface area contributed by atoms with Gasteiger partial charge in [0.15, 0.2) is 16.6 Å². The van der Waals surface area contributed by atoms with Crippen molar-refractivity contribution in [2.75, 3.05) is 0 Å². The molecule has 0 spiro atoms. The molecule has 0 aliphatic rings. The van der Waals surface area contributed by atoms with Gasteiger partial charge in [-0.15, -0.1) is 0 Å². The van der Waals surface area contributed by atoms with Crippen LogP contribution in [0.2, 0.25) is 36.3 Å². The van der Waals surface area contributed by atoms with E-state index in [1.807, 2.05) is 0 Å². The second kappa shape index (κ2) is 30.4. The molecule has 0 atom stereocenters. The smallest absolute Gasteiger partial charge is 0.188 e. The molecule has 0 aromatic rings. The summed E-state index contributed by atoms with van der Waals surface area (Å²) in [6, 6.07) is 6.85. The molecule has 0 aliphatic carbocycles. The summed E-state index contributed by atoms with van der Waals surface area (Å²) >= 11 is 0. The maximum atomic E-state index is 10.5. The largest absolute Gasteiger partial charge is 0.432 e. The molecule has 0 bridgehead atoms. The Bertz CT molecular complexity index is 369. The maximum absolute atomic E-state index is 10.5. The van der Waals surface area contributed by atoms with Crippen molar-refractivity contribution < 1.29 is 41.5 Å². The fourth-order valence-electron chi connectivity index (χ4n) is 3.79. The monoisotopic (exact) mass is 628 g/mol. The van der Waals surface area contributed by atoms with E-state index in [2.05, 4.69) is 41.5 Å². The molecule has 240 valence electrons. The minimum absolute atomic E-state index is 0.